The van der Waals surface area contributed by atoms with Gasteiger partial charge in [-0.05, 0) is 6.92 Å². The highest BCUT2D eigenvalue weighted by Gasteiger charge is 1.59. The second-order valence-corrected chi connectivity index (χ2v) is 0.833. The molecule has 3 nitrogen and oxygen atoms in total. The van der Waals surface area contributed by atoms with Gasteiger partial charge in [0.2, 0.25) is 6.40 Å². The molecule has 0 fully saturated rings. The highest BCUT2D eigenvalue weighted by Crippen LogP contribution is 1.63. The van der Waals surface area contributed by atoms with E-state index in [0.29, 0.717) is 0 Å². The van der Waals surface area contributed by atoms with Gasteiger partial charge in [0.05, 0.1) is 0 Å². The van der Waals surface area contributed by atoms with Crippen LogP contribution in [0.15, 0.2) is 10.1 Å². The minimum Gasteiger partial charge on any atom is -0.345 e. The van der Waals surface area contributed by atoms with Crippen molar-refractivity contribution in [3.05, 3.63) is 0 Å². The van der Waals surface area contributed by atoms with E-state index >= 15 is 0 Å². The first-order valence-electron chi connectivity index (χ1n) is 1.96. The monoisotopic (exact) mass is 100 g/mol. The van der Waals surface area contributed by atoms with Gasteiger partial charge in [0.15, 0.2) is 0 Å². The van der Waals surface area contributed by atoms with Crippen molar-refractivity contribution in [2.24, 2.45) is 10.1 Å². The Morgan fingerprint density at radius 3 is 2.71 bits per heavy atom. The summed E-state index contributed by atoms with van der Waals surface area (Å²) in [6, 6.07) is 0. The Balaban J connectivity index is 2.98. The third-order valence-electron chi connectivity index (χ3n) is 0.319. The van der Waals surface area contributed by atoms with Crippen molar-refractivity contribution in [1.29, 1.82) is 0 Å². The van der Waals surface area contributed by atoms with Crippen LogP contribution in [0.25, 0.3) is 0 Å². The molecule has 7 heavy (non-hydrogen) atoms. The molecule has 0 saturated carbocycles. The molecule has 0 aliphatic rings. The molecule has 0 atom stereocenters. The molecule has 0 rings (SSSR count). The normalized spacial score (nSPS) is 11.1. The van der Waals surface area contributed by atoms with Crippen LogP contribution < -0.4 is 0 Å². The predicted octanol–water partition coefficient (Wildman–Crippen LogP) is 0.667. The van der Waals surface area contributed by atoms with Gasteiger partial charge >= 0.3 is 0 Å². The van der Waals surface area contributed by atoms with Crippen molar-refractivity contribution in [2.45, 2.75) is 6.92 Å². The predicted molar refractivity (Wildman–Crippen MR) is 29.7 cm³/mol. The van der Waals surface area contributed by atoms with E-state index in [-0.39, 0.29) is 0 Å². The maximum atomic E-state index is 4.41. The lowest BCUT2D eigenvalue weighted by atomic mass is 10.9. The molecule has 0 spiro atoms. The van der Waals surface area contributed by atoms with Crippen LogP contribution in [0.4, 0.5) is 0 Å². The number of oxime groups is 1. The molecule has 0 aromatic carbocycles. The summed E-state index contributed by atoms with van der Waals surface area (Å²) in [6.45, 7) is 1.77. The van der Waals surface area contributed by atoms with Gasteiger partial charge in [-0.25, -0.2) is 0 Å². The van der Waals surface area contributed by atoms with Crippen LogP contribution in [0.2, 0.25) is 0 Å². The molecule has 3 heteroatoms. The first-order valence-corrected chi connectivity index (χ1v) is 1.96. The zero-order valence-corrected chi connectivity index (χ0v) is 4.46. The van der Waals surface area contributed by atoms with E-state index in [4.69, 9.17) is 0 Å². The summed E-state index contributed by atoms with van der Waals surface area (Å²) in [7, 11) is 1.62. The summed E-state index contributed by atoms with van der Waals surface area (Å²) >= 11 is 0. The first kappa shape index (κ1) is 6.14. The first-order chi connectivity index (χ1) is 3.41. The summed E-state index contributed by atoms with van der Waals surface area (Å²) in [5.41, 5.74) is 0. The number of hydrogen-bond acceptors (Lipinski definition) is 3. The Morgan fingerprint density at radius 1 is 1.57 bits per heavy atom. The lowest BCUT2D eigenvalue weighted by molar-refractivity contribution is 0.346. The molecule has 0 N–H and O–H groups in total. The summed E-state index contributed by atoms with van der Waals surface area (Å²) < 4.78 is 0. The summed E-state index contributed by atoms with van der Waals surface area (Å²) in [5.74, 6) is 0. The van der Waals surface area contributed by atoms with Crippen LogP contribution in [-0.2, 0) is 4.84 Å². The number of hydrogen-bond donors (Lipinski definition) is 0. The maximum Gasteiger partial charge on any atom is 0.207 e. The Hall–Kier alpha value is -0.860. The lowest BCUT2D eigenvalue weighted by Crippen LogP contribution is -1.73. The van der Waals surface area contributed by atoms with E-state index in [1.807, 2.05) is 0 Å². The highest BCUT2D eigenvalue weighted by molar-refractivity contribution is 5.54. The summed E-state index contributed by atoms with van der Waals surface area (Å²) in [5, 5.41) is 3.39. The fourth-order valence-electron chi connectivity index (χ4n) is 0.135. The Labute approximate surface area is 42.7 Å². The Kier molecular flexibility index (Phi) is 4.51. The average molecular weight is 100 g/mol. The zero-order chi connectivity index (χ0) is 5.54. The van der Waals surface area contributed by atoms with Crippen molar-refractivity contribution in [3.8, 4) is 0 Å². The molecular weight excluding hydrogens is 92.1 g/mol. The second kappa shape index (κ2) is 5.14. The minimum atomic E-state index is 1.26. The van der Waals surface area contributed by atoms with Gasteiger partial charge in [-0.1, -0.05) is 5.16 Å². The van der Waals surface area contributed by atoms with Crippen LogP contribution in [0.5, 0.6) is 0 Å². The number of aliphatic imine (C=N–C) groups is 1. The van der Waals surface area contributed by atoms with Crippen LogP contribution in [0, 0.1) is 0 Å². The fourth-order valence-corrected chi connectivity index (χ4v) is 0.135. The molecule has 0 bridgehead atoms. The minimum absolute atomic E-state index is 1.26. The van der Waals surface area contributed by atoms with E-state index in [1.165, 1.54) is 6.40 Å². The molecule has 0 radical (unpaired) electrons. The Bertz CT molecular complexity index is 67.8. The molecular formula is C4H8N2O. The van der Waals surface area contributed by atoms with Gasteiger partial charge < -0.3 is 4.84 Å². The molecule has 40 valence electrons. The quantitative estimate of drug-likeness (QED) is 0.285. The molecule has 0 amide bonds. The highest BCUT2D eigenvalue weighted by atomic mass is 16.6. The van der Waals surface area contributed by atoms with Gasteiger partial charge in [0, 0.05) is 13.3 Å². The molecule has 0 unspecified atom stereocenters. The number of nitrogens with zero attached hydrogens (tertiary/aromatic N) is 2. The van der Waals surface area contributed by atoms with E-state index < -0.39 is 0 Å². The number of rotatable bonds is 2. The third kappa shape index (κ3) is 5.14. The van der Waals surface area contributed by atoms with E-state index in [9.17, 15) is 0 Å². The van der Waals surface area contributed by atoms with E-state index in [2.05, 4.69) is 15.0 Å². The Morgan fingerprint density at radius 2 is 2.29 bits per heavy atom. The van der Waals surface area contributed by atoms with Gasteiger partial charge in [0.1, 0.15) is 0 Å². The van der Waals surface area contributed by atoms with Crippen LogP contribution in [0.3, 0.4) is 0 Å². The molecule has 0 aliphatic carbocycles. The van der Waals surface area contributed by atoms with E-state index in [1.54, 1.807) is 20.2 Å². The van der Waals surface area contributed by atoms with Gasteiger partial charge in [0.25, 0.3) is 0 Å². The SMILES string of the molecule is C/C=N/O/C=N\C. The fraction of sp³-hybridized carbons (Fsp3) is 0.500. The third-order valence-corrected chi connectivity index (χ3v) is 0.319. The topological polar surface area (TPSA) is 34.0 Å². The average Bonchev–Trinajstić information content (AvgIpc) is 1.69. The molecule has 0 aromatic rings. The molecule has 0 aliphatic heterocycles. The summed E-state index contributed by atoms with van der Waals surface area (Å²) in [4.78, 5) is 7.92. The van der Waals surface area contributed by atoms with Crippen molar-refractivity contribution < 1.29 is 4.84 Å². The second-order valence-electron chi connectivity index (χ2n) is 0.833. The molecule has 0 saturated heterocycles. The van der Waals surface area contributed by atoms with Crippen molar-refractivity contribution >= 4 is 12.6 Å². The zero-order valence-electron chi connectivity index (χ0n) is 4.46. The van der Waals surface area contributed by atoms with Crippen molar-refractivity contribution in [2.75, 3.05) is 7.05 Å². The van der Waals surface area contributed by atoms with Gasteiger partial charge in [-0.3, -0.25) is 4.99 Å². The van der Waals surface area contributed by atoms with E-state index in [0.717, 1.165) is 0 Å². The van der Waals surface area contributed by atoms with Gasteiger partial charge in [-0.15, -0.1) is 0 Å². The van der Waals surface area contributed by atoms with Crippen molar-refractivity contribution in [3.63, 3.8) is 0 Å². The molecule has 0 heterocycles. The maximum absolute atomic E-state index is 4.41. The van der Waals surface area contributed by atoms with Crippen LogP contribution >= 0.6 is 0 Å². The van der Waals surface area contributed by atoms with Gasteiger partial charge in [-0.2, -0.15) is 0 Å². The standard InChI is InChI=1S/C4H8N2O/c1-3-6-7-4-5-2/h3-4H,1-2H3/b5-4-,6-3+. The van der Waals surface area contributed by atoms with Crippen LogP contribution in [0.1, 0.15) is 6.92 Å². The lowest BCUT2D eigenvalue weighted by Gasteiger charge is -1.79. The molecule has 0 aromatic heterocycles. The largest absolute Gasteiger partial charge is 0.345 e. The smallest absolute Gasteiger partial charge is 0.207 e. The van der Waals surface area contributed by atoms with Crippen LogP contribution in [-0.4, -0.2) is 19.7 Å². The van der Waals surface area contributed by atoms with Crippen molar-refractivity contribution in [1.82, 2.24) is 0 Å². The summed E-state index contributed by atoms with van der Waals surface area (Å²) in [6.07, 6.45) is 2.81.